The second-order valence-corrected chi connectivity index (χ2v) is 10.3. The molecule has 3 N–H and O–H groups in total. The molecule has 2 amide bonds. The van der Waals surface area contributed by atoms with Crippen LogP contribution < -0.4 is 20.7 Å². The van der Waals surface area contributed by atoms with Crippen LogP contribution in [0.25, 0.3) is 11.3 Å². The Morgan fingerprint density at radius 3 is 2.81 bits per heavy atom. The number of hydrogen-bond donors (Lipinski definition) is 3. The van der Waals surface area contributed by atoms with Gasteiger partial charge in [0, 0.05) is 35.9 Å². The van der Waals surface area contributed by atoms with Crippen LogP contribution in [0.1, 0.15) is 41.0 Å². The van der Waals surface area contributed by atoms with Crippen molar-refractivity contribution in [1.29, 1.82) is 0 Å². The summed E-state index contributed by atoms with van der Waals surface area (Å²) in [5.74, 6) is -1.60. The molecule has 3 atom stereocenters. The van der Waals surface area contributed by atoms with Gasteiger partial charge in [-0.2, -0.15) is 10.2 Å². The van der Waals surface area contributed by atoms with Gasteiger partial charge in [0.2, 0.25) is 12.0 Å². The Bertz CT molecular complexity index is 1710. The standard InChI is InChI=1S/C29H27FN8O4/c1-16-10-11-37-29(42-16)22(24(36-37)18-12-32-38(13-18)21-14-41-15-31-21)27(39)35-26-28(40)34-25-19(8-5-9-20(25)30)23(33-26)17-6-3-2-4-7-17/h2-9,12-13,16,21,26,31H,10-11,14-15H2,1H3,(H,34,40)(H,35,39)/t16-,21?,26-/m1/s1. The van der Waals surface area contributed by atoms with Crippen LogP contribution in [0, 0.1) is 5.82 Å². The van der Waals surface area contributed by atoms with Gasteiger partial charge in [0.15, 0.2) is 0 Å². The number of anilines is 1. The molecule has 3 aliphatic rings. The Labute approximate surface area is 239 Å². The molecule has 13 heteroatoms. The molecule has 2 aromatic carbocycles. The summed E-state index contributed by atoms with van der Waals surface area (Å²) in [6, 6.07) is 13.6. The van der Waals surface area contributed by atoms with Gasteiger partial charge in [-0.15, -0.1) is 0 Å². The van der Waals surface area contributed by atoms with Gasteiger partial charge in [0.25, 0.3) is 11.8 Å². The van der Waals surface area contributed by atoms with Crippen LogP contribution in [0.4, 0.5) is 10.1 Å². The molecule has 5 heterocycles. The normalized spacial score (nSPS) is 21.4. The molecule has 12 nitrogen and oxygen atoms in total. The number of halogens is 1. The van der Waals surface area contributed by atoms with E-state index in [1.54, 1.807) is 33.9 Å². The molecule has 1 unspecified atom stereocenters. The van der Waals surface area contributed by atoms with E-state index in [1.165, 1.54) is 6.07 Å². The van der Waals surface area contributed by atoms with Crippen molar-refractivity contribution in [1.82, 2.24) is 30.2 Å². The SMILES string of the molecule is C[C@@H]1CCn2nc(-c3cnn(C4COCN4)c3)c(C(=O)N[C@H]3N=C(c4ccccc4)c4cccc(F)c4NC3=O)c2O1. The van der Waals surface area contributed by atoms with Gasteiger partial charge in [-0.3, -0.25) is 19.6 Å². The van der Waals surface area contributed by atoms with Gasteiger partial charge in [-0.25, -0.2) is 14.1 Å². The molecule has 0 saturated carbocycles. The number of para-hydroxylation sites is 1. The quantitative estimate of drug-likeness (QED) is 0.336. The van der Waals surface area contributed by atoms with E-state index in [1.807, 2.05) is 37.3 Å². The number of aryl methyl sites for hydroxylation is 1. The van der Waals surface area contributed by atoms with Crippen molar-refractivity contribution >= 4 is 23.2 Å². The Kier molecular flexibility index (Phi) is 6.52. The van der Waals surface area contributed by atoms with Crippen LogP contribution in [-0.4, -0.2) is 62.7 Å². The highest BCUT2D eigenvalue weighted by Gasteiger charge is 2.35. The fourth-order valence-electron chi connectivity index (χ4n) is 5.28. The van der Waals surface area contributed by atoms with E-state index in [4.69, 9.17) is 14.6 Å². The third-order valence-corrected chi connectivity index (χ3v) is 7.42. The lowest BCUT2D eigenvalue weighted by atomic mass is 10.0. The van der Waals surface area contributed by atoms with E-state index in [0.717, 1.165) is 6.42 Å². The lowest BCUT2D eigenvalue weighted by Crippen LogP contribution is -2.42. The highest BCUT2D eigenvalue weighted by atomic mass is 19.1. The van der Waals surface area contributed by atoms with E-state index < -0.39 is 23.8 Å². The molecule has 1 saturated heterocycles. The van der Waals surface area contributed by atoms with Crippen molar-refractivity contribution in [2.24, 2.45) is 4.99 Å². The van der Waals surface area contributed by atoms with Gasteiger partial charge in [-0.1, -0.05) is 42.5 Å². The van der Waals surface area contributed by atoms with Gasteiger partial charge < -0.3 is 20.1 Å². The summed E-state index contributed by atoms with van der Waals surface area (Å²) in [5, 5.41) is 17.7. The third-order valence-electron chi connectivity index (χ3n) is 7.42. The van der Waals surface area contributed by atoms with E-state index in [9.17, 15) is 14.0 Å². The lowest BCUT2D eigenvalue weighted by Gasteiger charge is -2.22. The second kappa shape index (κ2) is 10.5. The molecular weight excluding hydrogens is 543 g/mol. The van der Waals surface area contributed by atoms with Crippen LogP contribution in [-0.2, 0) is 16.1 Å². The first-order valence-electron chi connectivity index (χ1n) is 13.6. The number of aliphatic imine (C=N–C) groups is 1. The van der Waals surface area contributed by atoms with Crippen LogP contribution in [0.15, 0.2) is 65.9 Å². The number of carbonyl (C=O) groups is 2. The van der Waals surface area contributed by atoms with E-state index >= 15 is 0 Å². The van der Waals surface area contributed by atoms with E-state index in [2.05, 4.69) is 26.0 Å². The Hall–Kier alpha value is -4.88. The van der Waals surface area contributed by atoms with Crippen molar-refractivity contribution in [2.45, 2.75) is 38.3 Å². The van der Waals surface area contributed by atoms with Crippen molar-refractivity contribution in [3.8, 4) is 17.1 Å². The number of nitrogens with zero attached hydrogens (tertiary/aromatic N) is 5. The number of carbonyl (C=O) groups excluding carboxylic acids is 2. The topological polar surface area (TPSA) is 137 Å². The molecule has 1 fully saturated rings. The van der Waals surface area contributed by atoms with Gasteiger partial charge in [0.1, 0.15) is 23.2 Å². The number of fused-ring (bicyclic) bond motifs is 2. The smallest absolute Gasteiger partial charge is 0.269 e. The zero-order valence-corrected chi connectivity index (χ0v) is 22.6. The van der Waals surface area contributed by atoms with E-state index in [-0.39, 0.29) is 23.5 Å². The highest BCUT2D eigenvalue weighted by molar-refractivity contribution is 6.20. The average molecular weight is 571 g/mol. The third kappa shape index (κ3) is 4.62. The number of aromatic nitrogens is 4. The fourth-order valence-corrected chi connectivity index (χ4v) is 5.28. The first-order chi connectivity index (χ1) is 20.5. The molecule has 4 aromatic rings. The maximum Gasteiger partial charge on any atom is 0.269 e. The van der Waals surface area contributed by atoms with Gasteiger partial charge in [-0.05, 0) is 13.0 Å². The summed E-state index contributed by atoms with van der Waals surface area (Å²) in [4.78, 5) is 32.0. The maximum absolute atomic E-state index is 14.9. The number of rotatable bonds is 5. The summed E-state index contributed by atoms with van der Waals surface area (Å²) in [6.07, 6.45) is 2.47. The molecular formula is C29H27FN8O4. The minimum atomic E-state index is -1.37. The minimum absolute atomic E-state index is 0.000437. The molecule has 0 spiro atoms. The summed E-state index contributed by atoms with van der Waals surface area (Å²) >= 11 is 0. The Balaban J connectivity index is 1.28. The monoisotopic (exact) mass is 570 g/mol. The highest BCUT2D eigenvalue weighted by Crippen LogP contribution is 2.35. The van der Waals surface area contributed by atoms with Crippen LogP contribution in [0.3, 0.4) is 0 Å². The molecule has 7 rings (SSSR count). The number of benzodiazepines with no additional fused rings is 1. The number of amides is 2. The van der Waals surface area contributed by atoms with Crippen LogP contribution >= 0.6 is 0 Å². The summed E-state index contributed by atoms with van der Waals surface area (Å²) < 4.78 is 29.7. The van der Waals surface area contributed by atoms with Crippen molar-refractivity contribution in [3.63, 3.8) is 0 Å². The van der Waals surface area contributed by atoms with Gasteiger partial charge in [0.05, 0.1) is 37.0 Å². The molecule has 3 aliphatic heterocycles. The predicted octanol–water partition coefficient (Wildman–Crippen LogP) is 2.68. The number of hydrogen-bond acceptors (Lipinski definition) is 8. The molecule has 0 radical (unpaired) electrons. The molecule has 0 aliphatic carbocycles. The van der Waals surface area contributed by atoms with Crippen LogP contribution in [0.2, 0.25) is 0 Å². The summed E-state index contributed by atoms with van der Waals surface area (Å²) in [5.41, 5.74) is 2.55. The molecule has 0 bridgehead atoms. The number of benzene rings is 2. The fraction of sp³-hybridized carbons (Fsp3) is 0.276. The zero-order valence-electron chi connectivity index (χ0n) is 22.6. The largest absolute Gasteiger partial charge is 0.474 e. The van der Waals surface area contributed by atoms with Crippen molar-refractivity contribution in [2.75, 3.05) is 18.7 Å². The molecule has 42 heavy (non-hydrogen) atoms. The summed E-state index contributed by atoms with van der Waals surface area (Å²) in [6.45, 7) is 3.34. The summed E-state index contributed by atoms with van der Waals surface area (Å²) in [7, 11) is 0. The molecule has 214 valence electrons. The lowest BCUT2D eigenvalue weighted by molar-refractivity contribution is -0.117. The zero-order chi connectivity index (χ0) is 28.8. The predicted molar refractivity (Wildman–Crippen MR) is 150 cm³/mol. The van der Waals surface area contributed by atoms with Gasteiger partial charge >= 0.3 is 0 Å². The molecule has 2 aromatic heterocycles. The maximum atomic E-state index is 14.9. The van der Waals surface area contributed by atoms with Crippen LogP contribution in [0.5, 0.6) is 5.88 Å². The Morgan fingerprint density at radius 1 is 1.14 bits per heavy atom. The Morgan fingerprint density at radius 2 is 2.00 bits per heavy atom. The van der Waals surface area contributed by atoms with Crippen molar-refractivity contribution < 1.29 is 23.5 Å². The van der Waals surface area contributed by atoms with E-state index in [0.29, 0.717) is 53.9 Å². The first kappa shape index (κ1) is 26.0. The number of nitrogens with one attached hydrogen (secondary N) is 3. The minimum Gasteiger partial charge on any atom is -0.474 e. The number of ether oxygens (including phenoxy) is 2. The average Bonchev–Trinajstić information content (AvgIpc) is 3.75. The first-order valence-corrected chi connectivity index (χ1v) is 13.6. The second-order valence-electron chi connectivity index (χ2n) is 10.3. The van der Waals surface area contributed by atoms with Crippen molar-refractivity contribution in [3.05, 3.63) is 83.4 Å².